The molecule has 1 aliphatic rings. The van der Waals surface area contributed by atoms with Gasteiger partial charge in [-0.25, -0.2) is 0 Å². The van der Waals surface area contributed by atoms with Crippen LogP contribution in [0.5, 0.6) is 0 Å². The molecule has 0 radical (unpaired) electrons. The molecule has 2 amide bonds. The van der Waals surface area contributed by atoms with Gasteiger partial charge in [0.1, 0.15) is 0 Å². The molecule has 0 aromatic heterocycles. The van der Waals surface area contributed by atoms with E-state index in [-0.39, 0.29) is 11.8 Å². The fourth-order valence-electron chi connectivity index (χ4n) is 2.09. The molecular weight excluding hydrogens is 256 g/mol. The molecular formula is C15H20N2O3. The second-order valence-electron chi connectivity index (χ2n) is 4.74. The van der Waals surface area contributed by atoms with Crippen LogP contribution >= 0.6 is 0 Å². The summed E-state index contributed by atoms with van der Waals surface area (Å²) >= 11 is 0. The van der Waals surface area contributed by atoms with Gasteiger partial charge in [-0.15, -0.1) is 0 Å². The first-order valence-corrected chi connectivity index (χ1v) is 6.93. The Morgan fingerprint density at radius 2 is 2.05 bits per heavy atom. The van der Waals surface area contributed by atoms with Crippen LogP contribution in [0.25, 0.3) is 0 Å². The van der Waals surface area contributed by atoms with E-state index in [1.165, 1.54) is 0 Å². The van der Waals surface area contributed by atoms with Gasteiger partial charge in [0.05, 0.1) is 13.2 Å². The van der Waals surface area contributed by atoms with Crippen LogP contribution in [0, 0.1) is 0 Å². The van der Waals surface area contributed by atoms with E-state index in [1.54, 1.807) is 4.90 Å². The van der Waals surface area contributed by atoms with Crippen LogP contribution in [0.3, 0.4) is 0 Å². The molecule has 108 valence electrons. The number of benzene rings is 1. The molecule has 1 heterocycles. The molecule has 0 spiro atoms. The van der Waals surface area contributed by atoms with E-state index in [0.29, 0.717) is 44.8 Å². The van der Waals surface area contributed by atoms with Crippen molar-refractivity contribution in [3.63, 3.8) is 0 Å². The molecule has 5 heteroatoms. The summed E-state index contributed by atoms with van der Waals surface area (Å²) in [6.45, 7) is 4.73. The number of amides is 2. The number of nitrogens with zero attached hydrogens (tertiary/aromatic N) is 1. The van der Waals surface area contributed by atoms with E-state index in [9.17, 15) is 9.59 Å². The van der Waals surface area contributed by atoms with Crippen molar-refractivity contribution < 1.29 is 14.3 Å². The van der Waals surface area contributed by atoms with Crippen LogP contribution in [-0.2, 0) is 16.1 Å². The summed E-state index contributed by atoms with van der Waals surface area (Å²) in [6.07, 6.45) is 0.465. The molecule has 1 aromatic carbocycles. The minimum absolute atomic E-state index is 0.00917. The molecule has 0 bridgehead atoms. The van der Waals surface area contributed by atoms with Gasteiger partial charge in [0, 0.05) is 31.6 Å². The maximum atomic E-state index is 12.3. The lowest BCUT2D eigenvalue weighted by Crippen LogP contribution is -2.40. The molecule has 0 atom stereocenters. The van der Waals surface area contributed by atoms with Crippen LogP contribution in [0.4, 0.5) is 0 Å². The Kier molecular flexibility index (Phi) is 5.12. The Hall–Kier alpha value is -1.88. The molecule has 1 saturated heterocycles. The lowest BCUT2D eigenvalue weighted by molar-refractivity contribution is -0.120. The maximum absolute atomic E-state index is 12.3. The second-order valence-corrected chi connectivity index (χ2v) is 4.74. The van der Waals surface area contributed by atoms with Crippen molar-refractivity contribution in [1.82, 2.24) is 10.2 Å². The van der Waals surface area contributed by atoms with Crippen LogP contribution in [-0.4, -0.2) is 43.0 Å². The topological polar surface area (TPSA) is 58.6 Å². The van der Waals surface area contributed by atoms with Crippen LogP contribution in [0.15, 0.2) is 24.3 Å². The second kappa shape index (κ2) is 7.05. The van der Waals surface area contributed by atoms with Crippen molar-refractivity contribution in [2.45, 2.75) is 19.9 Å². The number of hydrogen-bond acceptors (Lipinski definition) is 3. The molecule has 0 unspecified atom stereocenters. The van der Waals surface area contributed by atoms with Crippen LogP contribution < -0.4 is 5.32 Å². The van der Waals surface area contributed by atoms with Gasteiger partial charge in [-0.2, -0.15) is 0 Å². The maximum Gasteiger partial charge on any atom is 0.254 e. The van der Waals surface area contributed by atoms with Gasteiger partial charge >= 0.3 is 0 Å². The highest BCUT2D eigenvalue weighted by molar-refractivity contribution is 5.94. The van der Waals surface area contributed by atoms with E-state index in [0.717, 1.165) is 5.56 Å². The van der Waals surface area contributed by atoms with Gasteiger partial charge < -0.3 is 15.0 Å². The van der Waals surface area contributed by atoms with Gasteiger partial charge in [0.15, 0.2) is 0 Å². The first kappa shape index (κ1) is 14.5. The number of carbonyl (C=O) groups excluding carboxylic acids is 2. The minimum atomic E-state index is 0.00917. The third-order valence-corrected chi connectivity index (χ3v) is 3.28. The highest BCUT2D eigenvalue weighted by Crippen LogP contribution is 2.10. The number of carbonyl (C=O) groups is 2. The van der Waals surface area contributed by atoms with E-state index >= 15 is 0 Å². The third kappa shape index (κ3) is 3.81. The van der Waals surface area contributed by atoms with Gasteiger partial charge in [0.25, 0.3) is 5.91 Å². The summed E-state index contributed by atoms with van der Waals surface area (Å²) in [4.78, 5) is 25.4. The van der Waals surface area contributed by atoms with Gasteiger partial charge in [-0.05, 0) is 17.7 Å². The van der Waals surface area contributed by atoms with Gasteiger partial charge in [-0.1, -0.05) is 19.1 Å². The SMILES string of the molecule is CCC(=O)NCc1cccc(C(=O)N2CCOCC2)c1. The molecule has 2 rings (SSSR count). The van der Waals surface area contributed by atoms with Crippen molar-refractivity contribution in [3.05, 3.63) is 35.4 Å². The quantitative estimate of drug-likeness (QED) is 0.898. The van der Waals surface area contributed by atoms with Crippen molar-refractivity contribution in [3.8, 4) is 0 Å². The fraction of sp³-hybridized carbons (Fsp3) is 0.467. The molecule has 1 fully saturated rings. The Morgan fingerprint density at radius 3 is 2.75 bits per heavy atom. The Morgan fingerprint density at radius 1 is 1.30 bits per heavy atom. The summed E-state index contributed by atoms with van der Waals surface area (Å²) in [6, 6.07) is 7.41. The zero-order valence-corrected chi connectivity index (χ0v) is 11.7. The van der Waals surface area contributed by atoms with E-state index in [1.807, 2.05) is 31.2 Å². The Balaban J connectivity index is 2.01. The van der Waals surface area contributed by atoms with Crippen LogP contribution in [0.1, 0.15) is 29.3 Å². The first-order chi connectivity index (χ1) is 9.70. The number of ether oxygens (including phenoxy) is 1. The van der Waals surface area contributed by atoms with E-state index < -0.39 is 0 Å². The summed E-state index contributed by atoms with van der Waals surface area (Å²) in [7, 11) is 0. The Bertz CT molecular complexity index is 482. The van der Waals surface area contributed by atoms with Crippen molar-refractivity contribution in [2.75, 3.05) is 26.3 Å². The lowest BCUT2D eigenvalue weighted by Gasteiger charge is -2.27. The standard InChI is InChI=1S/C15H20N2O3/c1-2-14(18)16-11-12-4-3-5-13(10-12)15(19)17-6-8-20-9-7-17/h3-5,10H,2,6-9,11H2,1H3,(H,16,18). The summed E-state index contributed by atoms with van der Waals surface area (Å²) in [5, 5.41) is 2.81. The van der Waals surface area contributed by atoms with Crippen molar-refractivity contribution in [2.24, 2.45) is 0 Å². The zero-order chi connectivity index (χ0) is 14.4. The van der Waals surface area contributed by atoms with Gasteiger partial charge in [0.2, 0.25) is 5.91 Å². The number of morpholine rings is 1. The Labute approximate surface area is 118 Å². The molecule has 0 aliphatic carbocycles. The molecule has 20 heavy (non-hydrogen) atoms. The average Bonchev–Trinajstić information content (AvgIpc) is 2.53. The summed E-state index contributed by atoms with van der Waals surface area (Å²) < 4.78 is 5.25. The molecule has 1 aromatic rings. The van der Waals surface area contributed by atoms with E-state index in [2.05, 4.69) is 5.32 Å². The zero-order valence-electron chi connectivity index (χ0n) is 11.7. The van der Waals surface area contributed by atoms with Gasteiger partial charge in [-0.3, -0.25) is 9.59 Å². The summed E-state index contributed by atoms with van der Waals surface area (Å²) in [5.74, 6) is 0.0341. The highest BCUT2D eigenvalue weighted by Gasteiger charge is 2.18. The highest BCUT2D eigenvalue weighted by atomic mass is 16.5. The lowest BCUT2D eigenvalue weighted by atomic mass is 10.1. The molecule has 5 nitrogen and oxygen atoms in total. The normalized spacial score (nSPS) is 14.9. The average molecular weight is 276 g/mol. The third-order valence-electron chi connectivity index (χ3n) is 3.28. The number of rotatable bonds is 4. The minimum Gasteiger partial charge on any atom is -0.378 e. The van der Waals surface area contributed by atoms with Crippen molar-refractivity contribution in [1.29, 1.82) is 0 Å². The molecule has 1 aliphatic heterocycles. The summed E-state index contributed by atoms with van der Waals surface area (Å²) in [5.41, 5.74) is 1.60. The number of nitrogens with one attached hydrogen (secondary N) is 1. The first-order valence-electron chi connectivity index (χ1n) is 6.93. The fourth-order valence-corrected chi connectivity index (χ4v) is 2.09. The smallest absolute Gasteiger partial charge is 0.254 e. The van der Waals surface area contributed by atoms with E-state index in [4.69, 9.17) is 4.74 Å². The largest absolute Gasteiger partial charge is 0.378 e. The monoisotopic (exact) mass is 276 g/mol. The molecule has 1 N–H and O–H groups in total. The van der Waals surface area contributed by atoms with Crippen LogP contribution in [0.2, 0.25) is 0 Å². The predicted molar refractivity (Wildman–Crippen MR) is 75.3 cm³/mol. The van der Waals surface area contributed by atoms with Crippen molar-refractivity contribution >= 4 is 11.8 Å². The predicted octanol–water partition coefficient (Wildman–Crippen LogP) is 1.19. The number of hydrogen-bond donors (Lipinski definition) is 1. The molecule has 0 saturated carbocycles.